The van der Waals surface area contributed by atoms with Gasteiger partial charge in [0.2, 0.25) is 0 Å². The Morgan fingerprint density at radius 1 is 0.684 bits per heavy atom. The maximum Gasteiger partial charge on any atom is 0.115 e. The Hall–Kier alpha value is -0.643. The van der Waals surface area contributed by atoms with Crippen LogP contribution in [0.1, 0.15) is 0 Å². The predicted molar refractivity (Wildman–Crippen MR) is 93.2 cm³/mol. The molecule has 0 fully saturated rings. The molecule has 0 unspecified atom stereocenters. The lowest BCUT2D eigenvalue weighted by Gasteiger charge is -2.27. The van der Waals surface area contributed by atoms with Crippen LogP contribution in [0.4, 0.5) is 0 Å². The number of benzene rings is 2. The van der Waals surface area contributed by atoms with Crippen LogP contribution in [0.2, 0.25) is 13.1 Å². The van der Waals surface area contributed by atoms with E-state index in [1.165, 1.54) is 9.79 Å². The van der Waals surface area contributed by atoms with Gasteiger partial charge in [-0.05, 0) is 35.0 Å². The van der Waals surface area contributed by atoms with Gasteiger partial charge in [-0.2, -0.15) is 0 Å². The summed E-state index contributed by atoms with van der Waals surface area (Å²) in [5.41, 5.74) is 0. The highest BCUT2D eigenvalue weighted by Crippen LogP contribution is 2.20. The van der Waals surface area contributed by atoms with Crippen LogP contribution in [0.3, 0.4) is 0 Å². The lowest BCUT2D eigenvalue weighted by Crippen LogP contribution is -2.54. The Morgan fingerprint density at radius 3 is 1.42 bits per heavy atom. The van der Waals surface area contributed by atoms with Crippen molar-refractivity contribution in [2.45, 2.75) is 22.9 Å². The lowest BCUT2D eigenvalue weighted by molar-refractivity contribution is 1.46. The standard InChI is InChI=1S/C16H20S2Si/c1-17-13-9-5-7-11-15(13)19(3,4)16-12-8-6-10-14(16)18-2/h5-12H,1-4H3. The predicted octanol–water partition coefficient (Wildman–Crippen LogP) is 3.95. The van der Waals surface area contributed by atoms with Gasteiger partial charge in [-0.1, -0.05) is 49.5 Å². The summed E-state index contributed by atoms with van der Waals surface area (Å²) in [7, 11) is -1.63. The molecule has 0 atom stereocenters. The molecule has 0 nitrogen and oxygen atoms in total. The molecule has 0 aliphatic heterocycles. The van der Waals surface area contributed by atoms with Gasteiger partial charge < -0.3 is 0 Å². The Kier molecular flexibility index (Phi) is 4.82. The van der Waals surface area contributed by atoms with E-state index in [-0.39, 0.29) is 0 Å². The zero-order valence-electron chi connectivity index (χ0n) is 11.9. The van der Waals surface area contributed by atoms with E-state index in [9.17, 15) is 0 Å². The zero-order valence-corrected chi connectivity index (χ0v) is 14.6. The van der Waals surface area contributed by atoms with Gasteiger partial charge in [0.15, 0.2) is 0 Å². The second-order valence-corrected chi connectivity index (χ2v) is 11.0. The molecule has 0 radical (unpaired) electrons. The molecule has 100 valence electrons. The molecule has 2 aromatic rings. The Morgan fingerprint density at radius 2 is 1.05 bits per heavy atom. The minimum atomic E-state index is -1.63. The maximum absolute atomic E-state index is 2.46. The smallest absolute Gasteiger partial charge is 0.115 e. The van der Waals surface area contributed by atoms with Gasteiger partial charge in [0.05, 0.1) is 0 Å². The van der Waals surface area contributed by atoms with E-state index in [0.717, 1.165) is 0 Å². The van der Waals surface area contributed by atoms with E-state index in [1.54, 1.807) is 10.4 Å². The van der Waals surface area contributed by atoms with Crippen molar-refractivity contribution in [3.63, 3.8) is 0 Å². The first-order valence-electron chi connectivity index (χ1n) is 6.38. The minimum absolute atomic E-state index is 1.43. The third-order valence-electron chi connectivity index (χ3n) is 3.56. The van der Waals surface area contributed by atoms with Crippen molar-refractivity contribution in [3.8, 4) is 0 Å². The molecule has 19 heavy (non-hydrogen) atoms. The molecule has 0 aromatic heterocycles. The van der Waals surface area contributed by atoms with Crippen LogP contribution in [-0.2, 0) is 0 Å². The Labute approximate surface area is 126 Å². The quantitative estimate of drug-likeness (QED) is 0.619. The summed E-state index contributed by atoms with van der Waals surface area (Å²) in [5, 5.41) is 3.09. The average Bonchev–Trinajstić information content (AvgIpc) is 2.47. The van der Waals surface area contributed by atoms with Crippen molar-refractivity contribution in [2.75, 3.05) is 12.5 Å². The summed E-state index contributed by atoms with van der Waals surface area (Å²) in [6.45, 7) is 4.91. The minimum Gasteiger partial charge on any atom is -0.130 e. The van der Waals surface area contributed by atoms with Crippen molar-refractivity contribution >= 4 is 42.0 Å². The molecular weight excluding hydrogens is 284 g/mol. The first-order valence-corrected chi connectivity index (χ1v) is 11.8. The molecule has 3 heteroatoms. The van der Waals surface area contributed by atoms with Crippen LogP contribution < -0.4 is 10.4 Å². The highest BCUT2D eigenvalue weighted by molar-refractivity contribution is 7.99. The average molecular weight is 305 g/mol. The topological polar surface area (TPSA) is 0 Å². The molecule has 0 N–H and O–H groups in total. The third kappa shape index (κ3) is 2.93. The zero-order chi connectivity index (χ0) is 13.9. The summed E-state index contributed by atoms with van der Waals surface area (Å²) in [6.07, 6.45) is 4.34. The summed E-state index contributed by atoms with van der Waals surface area (Å²) < 4.78 is 0. The van der Waals surface area contributed by atoms with Crippen LogP contribution in [0.15, 0.2) is 58.3 Å². The van der Waals surface area contributed by atoms with Gasteiger partial charge in [-0.25, -0.2) is 0 Å². The largest absolute Gasteiger partial charge is 0.130 e. The summed E-state index contributed by atoms with van der Waals surface area (Å²) >= 11 is 3.72. The van der Waals surface area contributed by atoms with Gasteiger partial charge in [0, 0.05) is 9.79 Å². The van der Waals surface area contributed by atoms with E-state index in [4.69, 9.17) is 0 Å². The molecule has 2 aromatic carbocycles. The first kappa shape index (κ1) is 14.8. The fourth-order valence-corrected chi connectivity index (χ4v) is 8.33. The van der Waals surface area contributed by atoms with Crippen LogP contribution in [0.25, 0.3) is 0 Å². The number of hydrogen-bond donors (Lipinski definition) is 0. The number of thioether (sulfide) groups is 2. The van der Waals surface area contributed by atoms with Gasteiger partial charge in [0.25, 0.3) is 0 Å². The Balaban J connectivity index is 2.58. The molecule has 0 amide bonds. The summed E-state index contributed by atoms with van der Waals surface area (Å²) in [6, 6.07) is 17.7. The van der Waals surface area contributed by atoms with Crippen LogP contribution in [0, 0.1) is 0 Å². The highest BCUT2D eigenvalue weighted by Gasteiger charge is 2.30. The molecule has 0 aliphatic rings. The van der Waals surface area contributed by atoms with E-state index in [1.807, 2.05) is 23.5 Å². The van der Waals surface area contributed by atoms with E-state index in [0.29, 0.717) is 0 Å². The number of hydrogen-bond acceptors (Lipinski definition) is 2. The molecule has 0 spiro atoms. The van der Waals surface area contributed by atoms with Crippen LogP contribution in [-0.4, -0.2) is 20.6 Å². The van der Waals surface area contributed by atoms with Crippen molar-refractivity contribution in [2.24, 2.45) is 0 Å². The normalized spacial score (nSPS) is 11.6. The Bertz CT molecular complexity index is 515. The molecule has 2 rings (SSSR count). The van der Waals surface area contributed by atoms with E-state index >= 15 is 0 Å². The van der Waals surface area contributed by atoms with Crippen LogP contribution in [0.5, 0.6) is 0 Å². The summed E-state index contributed by atoms with van der Waals surface area (Å²) in [4.78, 5) is 2.85. The van der Waals surface area contributed by atoms with Crippen LogP contribution >= 0.6 is 23.5 Å². The molecule has 0 bridgehead atoms. The number of rotatable bonds is 4. The van der Waals surface area contributed by atoms with E-state index in [2.05, 4.69) is 74.1 Å². The highest BCUT2D eigenvalue weighted by atomic mass is 32.2. The van der Waals surface area contributed by atoms with Gasteiger partial charge in [-0.3, -0.25) is 0 Å². The second-order valence-electron chi connectivity index (χ2n) is 5.03. The van der Waals surface area contributed by atoms with Crippen molar-refractivity contribution in [1.29, 1.82) is 0 Å². The summed E-state index contributed by atoms with van der Waals surface area (Å²) in [5.74, 6) is 0. The third-order valence-corrected chi connectivity index (χ3v) is 9.08. The lowest BCUT2D eigenvalue weighted by atomic mass is 10.3. The fraction of sp³-hybridized carbons (Fsp3) is 0.250. The maximum atomic E-state index is 2.46. The monoisotopic (exact) mass is 304 g/mol. The van der Waals surface area contributed by atoms with Gasteiger partial charge in [0.1, 0.15) is 8.07 Å². The van der Waals surface area contributed by atoms with E-state index < -0.39 is 8.07 Å². The fourth-order valence-electron chi connectivity index (χ4n) is 2.47. The first-order chi connectivity index (χ1) is 9.11. The molecular formula is C16H20S2Si. The second kappa shape index (κ2) is 6.20. The van der Waals surface area contributed by atoms with Gasteiger partial charge in [-0.15, -0.1) is 23.5 Å². The van der Waals surface area contributed by atoms with Gasteiger partial charge >= 0.3 is 0 Å². The molecule has 0 saturated carbocycles. The van der Waals surface area contributed by atoms with Crippen molar-refractivity contribution < 1.29 is 0 Å². The molecule has 0 heterocycles. The van der Waals surface area contributed by atoms with Crippen molar-refractivity contribution in [3.05, 3.63) is 48.5 Å². The molecule has 0 saturated heterocycles. The SMILES string of the molecule is CSc1ccccc1[Si](C)(C)c1ccccc1SC. The van der Waals surface area contributed by atoms with Crippen molar-refractivity contribution in [1.82, 2.24) is 0 Å². The molecule has 0 aliphatic carbocycles.